The van der Waals surface area contributed by atoms with Gasteiger partial charge < -0.3 is 20.4 Å². The van der Waals surface area contributed by atoms with Gasteiger partial charge in [0, 0.05) is 30.5 Å². The van der Waals surface area contributed by atoms with E-state index in [9.17, 15) is 14.0 Å². The van der Waals surface area contributed by atoms with Crippen LogP contribution in [0.15, 0.2) is 71.3 Å². The van der Waals surface area contributed by atoms with E-state index in [1.165, 1.54) is 11.0 Å². The van der Waals surface area contributed by atoms with Gasteiger partial charge in [0.1, 0.15) is 17.4 Å². The molecule has 3 aromatic heterocycles. The monoisotopic (exact) mass is 555 g/mol. The van der Waals surface area contributed by atoms with Crippen molar-refractivity contribution in [3.05, 3.63) is 83.9 Å². The fourth-order valence-corrected chi connectivity index (χ4v) is 4.39. The number of benzene rings is 2. The van der Waals surface area contributed by atoms with Gasteiger partial charge in [-0.1, -0.05) is 30.3 Å². The molecule has 12 nitrogen and oxygen atoms in total. The Hall–Kier alpha value is -5.04. The number of amides is 2. The summed E-state index contributed by atoms with van der Waals surface area (Å²) in [4.78, 5) is 35.0. The number of hydrogen-bond donors (Lipinski definition) is 3. The average Bonchev–Trinajstić information content (AvgIpc) is 3.35. The van der Waals surface area contributed by atoms with Crippen LogP contribution in [0.25, 0.3) is 22.6 Å². The maximum absolute atomic E-state index is 13.2. The van der Waals surface area contributed by atoms with Crippen LogP contribution in [0.5, 0.6) is 0 Å². The average molecular weight is 556 g/mol. The van der Waals surface area contributed by atoms with E-state index >= 15 is 0 Å². The van der Waals surface area contributed by atoms with Crippen LogP contribution < -0.4 is 16.0 Å². The summed E-state index contributed by atoms with van der Waals surface area (Å²) >= 11 is 0. The summed E-state index contributed by atoms with van der Waals surface area (Å²) in [6.07, 6.45) is 0.696. The number of oxazole rings is 1. The number of halogens is 1. The summed E-state index contributed by atoms with van der Waals surface area (Å²) in [5.41, 5.74) is 3.29. The molecule has 1 unspecified atom stereocenters. The third-order valence-corrected chi connectivity index (χ3v) is 6.62. The minimum Gasteiger partial charge on any atom is -0.436 e. The Kier molecular flexibility index (Phi) is 7.17. The molecule has 208 valence electrons. The number of carbonyl (C=O) groups excluding carboxylic acids is 2. The lowest BCUT2D eigenvalue weighted by Gasteiger charge is -2.16. The van der Waals surface area contributed by atoms with Crippen molar-refractivity contribution in [1.29, 1.82) is 0 Å². The number of hydrogen-bond acceptors (Lipinski definition) is 9. The van der Waals surface area contributed by atoms with Crippen molar-refractivity contribution < 1.29 is 18.4 Å². The van der Waals surface area contributed by atoms with Crippen molar-refractivity contribution in [3.8, 4) is 11.5 Å². The largest absolute Gasteiger partial charge is 0.436 e. The molecule has 5 aromatic rings. The van der Waals surface area contributed by atoms with Crippen LogP contribution in [-0.2, 0) is 11.8 Å². The third-order valence-electron chi connectivity index (χ3n) is 6.62. The zero-order chi connectivity index (χ0) is 28.3. The molecule has 13 heteroatoms. The van der Waals surface area contributed by atoms with Gasteiger partial charge in [-0.05, 0) is 47.5 Å². The van der Waals surface area contributed by atoms with Crippen LogP contribution in [0.4, 0.5) is 10.1 Å². The molecule has 41 heavy (non-hydrogen) atoms. The summed E-state index contributed by atoms with van der Waals surface area (Å²) in [7, 11) is 1.70. The van der Waals surface area contributed by atoms with Gasteiger partial charge in [-0.25, -0.2) is 9.37 Å². The quantitative estimate of drug-likeness (QED) is 0.221. The number of aryl methyl sites for hydroxylation is 1. The highest BCUT2D eigenvalue weighted by atomic mass is 19.1. The Balaban J connectivity index is 1.08. The van der Waals surface area contributed by atoms with Crippen molar-refractivity contribution in [2.45, 2.75) is 18.6 Å². The normalized spacial score (nSPS) is 16.8. The maximum Gasteiger partial charge on any atom is 0.269 e. The molecule has 0 radical (unpaired) electrons. The first-order valence-electron chi connectivity index (χ1n) is 13.1. The van der Waals surface area contributed by atoms with Crippen LogP contribution >= 0.6 is 0 Å². The predicted molar refractivity (Wildman–Crippen MR) is 146 cm³/mol. The van der Waals surface area contributed by atoms with E-state index in [1.807, 2.05) is 30.3 Å². The lowest BCUT2D eigenvalue weighted by atomic mass is 10.1. The van der Waals surface area contributed by atoms with Crippen molar-refractivity contribution >= 4 is 28.6 Å². The van der Waals surface area contributed by atoms with Gasteiger partial charge in [0.15, 0.2) is 11.4 Å². The number of tetrazole rings is 1. The smallest absolute Gasteiger partial charge is 0.269 e. The lowest BCUT2D eigenvalue weighted by molar-refractivity contribution is -0.117. The van der Waals surface area contributed by atoms with Gasteiger partial charge in [-0.15, -0.1) is 10.2 Å². The number of nitrogens with one attached hydrogen (secondary N) is 3. The van der Waals surface area contributed by atoms with Crippen molar-refractivity contribution in [3.63, 3.8) is 0 Å². The van der Waals surface area contributed by atoms with Crippen molar-refractivity contribution in [1.82, 2.24) is 40.8 Å². The molecule has 1 saturated carbocycles. The number of anilines is 1. The molecule has 2 aromatic carbocycles. The third kappa shape index (κ3) is 5.94. The van der Waals surface area contributed by atoms with Crippen LogP contribution in [0.3, 0.4) is 0 Å². The van der Waals surface area contributed by atoms with Gasteiger partial charge in [0.2, 0.25) is 11.8 Å². The van der Waals surface area contributed by atoms with Crippen molar-refractivity contribution in [2.75, 3.05) is 18.4 Å². The summed E-state index contributed by atoms with van der Waals surface area (Å²) in [5, 5.41) is 21.3. The SMILES string of the molecule is Cn1nnc(C(NCCNC(=O)c2cc(-c3nc4cc(NC(=O)[C@H]5C[C@@H]5F)ccc4o3)ccn2)c2ccccc2)n1. The standard InChI is InChI=1S/C28H26FN9O3/c1-38-36-25(35-37-38)24(16-5-3-2-4-6-16)31-11-12-32-27(40)22-13-17(9-10-30-22)28-34-21-14-18(7-8-23(21)41-28)33-26(39)19-15-20(19)29/h2-10,13-14,19-20,24,31H,11-12,15H2,1H3,(H,32,40)(H,33,39)/t19-,20-,24?/m0/s1. The first-order chi connectivity index (χ1) is 19.9. The molecule has 2 amide bonds. The van der Waals surface area contributed by atoms with Crippen LogP contribution in [0.2, 0.25) is 0 Å². The van der Waals surface area contributed by atoms with E-state index in [-0.39, 0.29) is 30.0 Å². The molecule has 1 fully saturated rings. The Morgan fingerprint density at radius 3 is 2.71 bits per heavy atom. The second kappa shape index (κ2) is 11.2. The summed E-state index contributed by atoms with van der Waals surface area (Å²) < 4.78 is 19.0. The van der Waals surface area contributed by atoms with E-state index in [0.29, 0.717) is 47.2 Å². The van der Waals surface area contributed by atoms with E-state index in [1.54, 1.807) is 37.4 Å². The molecule has 0 spiro atoms. The Bertz CT molecular complexity index is 1700. The molecule has 0 saturated heterocycles. The summed E-state index contributed by atoms with van der Waals surface area (Å²) in [5.74, 6) is -0.453. The summed E-state index contributed by atoms with van der Waals surface area (Å²) in [6, 6.07) is 17.8. The van der Waals surface area contributed by atoms with E-state index < -0.39 is 12.1 Å². The number of aromatic nitrogens is 6. The van der Waals surface area contributed by atoms with Crippen LogP contribution in [0.1, 0.15) is 34.3 Å². The fourth-order valence-electron chi connectivity index (χ4n) is 4.39. The Morgan fingerprint density at radius 1 is 1.12 bits per heavy atom. The number of fused-ring (bicyclic) bond motifs is 1. The highest BCUT2D eigenvalue weighted by Gasteiger charge is 2.43. The first-order valence-corrected chi connectivity index (χ1v) is 13.1. The Morgan fingerprint density at radius 2 is 1.95 bits per heavy atom. The number of rotatable bonds is 10. The first kappa shape index (κ1) is 26.2. The van der Waals surface area contributed by atoms with Crippen LogP contribution in [-0.4, -0.2) is 61.3 Å². The van der Waals surface area contributed by atoms with E-state index in [4.69, 9.17) is 4.42 Å². The van der Waals surface area contributed by atoms with Crippen molar-refractivity contribution in [2.24, 2.45) is 13.0 Å². The number of alkyl halides is 1. The molecular formula is C28H26FN9O3. The van der Waals surface area contributed by atoms with Gasteiger partial charge in [0.05, 0.1) is 19.0 Å². The molecule has 1 aliphatic carbocycles. The zero-order valence-corrected chi connectivity index (χ0v) is 22.0. The Labute approximate surface area is 233 Å². The molecular weight excluding hydrogens is 529 g/mol. The molecule has 0 bridgehead atoms. The number of carbonyl (C=O) groups is 2. The predicted octanol–water partition coefficient (Wildman–Crippen LogP) is 2.82. The molecule has 3 atom stereocenters. The minimum absolute atomic E-state index is 0.207. The van der Waals surface area contributed by atoms with Gasteiger partial charge in [0.25, 0.3) is 5.91 Å². The minimum atomic E-state index is -1.07. The lowest BCUT2D eigenvalue weighted by Crippen LogP contribution is -2.34. The number of nitrogens with zero attached hydrogens (tertiary/aromatic N) is 6. The van der Waals surface area contributed by atoms with E-state index in [0.717, 1.165) is 5.56 Å². The van der Waals surface area contributed by atoms with Gasteiger partial charge in [-0.2, -0.15) is 4.80 Å². The highest BCUT2D eigenvalue weighted by molar-refractivity contribution is 5.96. The molecule has 6 rings (SSSR count). The highest BCUT2D eigenvalue weighted by Crippen LogP contribution is 2.35. The summed E-state index contributed by atoms with van der Waals surface area (Å²) in [6.45, 7) is 0.774. The van der Waals surface area contributed by atoms with Gasteiger partial charge >= 0.3 is 0 Å². The van der Waals surface area contributed by atoms with Crippen LogP contribution in [0, 0.1) is 5.92 Å². The fraction of sp³-hybridized carbons (Fsp3) is 0.250. The molecule has 0 aliphatic heterocycles. The van der Waals surface area contributed by atoms with E-state index in [2.05, 4.69) is 41.3 Å². The molecule has 3 N–H and O–H groups in total. The second-order valence-electron chi connectivity index (χ2n) is 9.67. The van der Waals surface area contributed by atoms with Gasteiger partial charge in [-0.3, -0.25) is 14.6 Å². The molecule has 3 heterocycles. The zero-order valence-electron chi connectivity index (χ0n) is 22.0. The topological polar surface area (TPSA) is 153 Å². The number of pyridine rings is 1. The second-order valence-corrected chi connectivity index (χ2v) is 9.67. The molecule has 1 aliphatic rings. The maximum atomic E-state index is 13.2.